The van der Waals surface area contributed by atoms with Crippen molar-refractivity contribution in [2.45, 2.75) is 19.9 Å². The highest BCUT2D eigenvalue weighted by molar-refractivity contribution is 7.98. The van der Waals surface area contributed by atoms with Crippen molar-refractivity contribution >= 4 is 11.8 Å². The van der Waals surface area contributed by atoms with Gasteiger partial charge < -0.3 is 10.1 Å². The maximum absolute atomic E-state index is 13.6. The molecule has 96 valence electrons. The third-order valence-corrected chi connectivity index (χ3v) is 3.05. The minimum atomic E-state index is -0.274. The predicted octanol–water partition coefficient (Wildman–Crippen LogP) is 3.07. The number of benzene rings is 1. The van der Waals surface area contributed by atoms with Crippen molar-refractivity contribution in [3.63, 3.8) is 0 Å². The molecule has 0 unspecified atom stereocenters. The highest BCUT2D eigenvalue weighted by Gasteiger charge is 2.08. The van der Waals surface area contributed by atoms with E-state index >= 15 is 0 Å². The van der Waals surface area contributed by atoms with E-state index in [1.165, 1.54) is 6.07 Å². The van der Waals surface area contributed by atoms with Gasteiger partial charge in [-0.25, -0.2) is 4.39 Å². The Balaban J connectivity index is 2.60. The average Bonchev–Trinajstić information content (AvgIpc) is 2.34. The van der Waals surface area contributed by atoms with Crippen molar-refractivity contribution in [2.75, 3.05) is 25.2 Å². The van der Waals surface area contributed by atoms with E-state index in [4.69, 9.17) is 4.74 Å². The number of hydrogen-bond donors (Lipinski definition) is 1. The van der Waals surface area contributed by atoms with Crippen molar-refractivity contribution in [1.29, 1.82) is 0 Å². The van der Waals surface area contributed by atoms with Gasteiger partial charge in [0.25, 0.3) is 0 Å². The van der Waals surface area contributed by atoms with Crippen LogP contribution in [0.4, 0.5) is 4.39 Å². The quantitative estimate of drug-likeness (QED) is 0.723. The molecule has 1 N–H and O–H groups in total. The Kier molecular flexibility index (Phi) is 7.05. The lowest BCUT2D eigenvalue weighted by molar-refractivity contribution is 0.298. The molecule has 1 aromatic carbocycles. The maximum atomic E-state index is 13.6. The van der Waals surface area contributed by atoms with Crippen LogP contribution in [0.25, 0.3) is 0 Å². The first-order chi connectivity index (χ1) is 8.29. The van der Waals surface area contributed by atoms with E-state index in [1.54, 1.807) is 17.8 Å². The Morgan fingerprint density at radius 2 is 2.24 bits per heavy atom. The van der Waals surface area contributed by atoms with Gasteiger partial charge >= 0.3 is 0 Å². The number of rotatable bonds is 8. The van der Waals surface area contributed by atoms with E-state index in [9.17, 15) is 4.39 Å². The lowest BCUT2D eigenvalue weighted by atomic mass is 10.2. The number of halogens is 1. The van der Waals surface area contributed by atoms with Crippen LogP contribution in [0.2, 0.25) is 0 Å². The van der Waals surface area contributed by atoms with Gasteiger partial charge in [-0.2, -0.15) is 11.8 Å². The zero-order chi connectivity index (χ0) is 12.5. The molecule has 0 radical (unpaired) electrons. The van der Waals surface area contributed by atoms with Crippen molar-refractivity contribution < 1.29 is 9.13 Å². The van der Waals surface area contributed by atoms with Crippen LogP contribution in [0, 0.1) is 5.82 Å². The average molecular weight is 257 g/mol. The molecule has 0 atom stereocenters. The van der Waals surface area contributed by atoms with E-state index in [2.05, 4.69) is 11.6 Å². The molecule has 0 bridgehead atoms. The first kappa shape index (κ1) is 14.3. The summed E-state index contributed by atoms with van der Waals surface area (Å²) in [5.74, 6) is 1.16. The summed E-state index contributed by atoms with van der Waals surface area (Å²) in [6.07, 6.45) is 3.00. The second-order valence-corrected chi connectivity index (χ2v) is 4.69. The molecule has 17 heavy (non-hydrogen) atoms. The minimum Gasteiger partial charge on any atom is -0.490 e. The second-order valence-electron chi connectivity index (χ2n) is 3.70. The maximum Gasteiger partial charge on any atom is 0.165 e. The van der Waals surface area contributed by atoms with Crippen molar-refractivity contribution in [1.82, 2.24) is 5.32 Å². The number of ether oxygens (including phenoxy) is 1. The lowest BCUT2D eigenvalue weighted by Gasteiger charge is -2.12. The summed E-state index contributed by atoms with van der Waals surface area (Å²) in [7, 11) is 0. The Morgan fingerprint density at radius 1 is 1.41 bits per heavy atom. The summed E-state index contributed by atoms with van der Waals surface area (Å²) >= 11 is 1.77. The second kappa shape index (κ2) is 8.37. The first-order valence-corrected chi connectivity index (χ1v) is 7.28. The largest absolute Gasteiger partial charge is 0.490 e. The molecule has 0 fully saturated rings. The van der Waals surface area contributed by atoms with Crippen LogP contribution in [0.1, 0.15) is 18.9 Å². The summed E-state index contributed by atoms with van der Waals surface area (Å²) in [5, 5.41) is 3.18. The molecule has 0 aliphatic heterocycles. The molecule has 1 rings (SSSR count). The highest BCUT2D eigenvalue weighted by Crippen LogP contribution is 2.22. The van der Waals surface area contributed by atoms with Crippen LogP contribution >= 0.6 is 11.8 Å². The number of thioether (sulfide) groups is 1. The van der Waals surface area contributed by atoms with E-state index in [-0.39, 0.29) is 5.82 Å². The SMILES string of the molecule is CCNCc1cccc(F)c1OCCCSC. The molecule has 0 spiro atoms. The van der Waals surface area contributed by atoms with Crippen LogP contribution in [-0.2, 0) is 6.54 Å². The van der Waals surface area contributed by atoms with Gasteiger partial charge in [0, 0.05) is 12.1 Å². The van der Waals surface area contributed by atoms with Crippen molar-refractivity contribution in [2.24, 2.45) is 0 Å². The topological polar surface area (TPSA) is 21.3 Å². The Labute approximate surface area is 107 Å². The lowest BCUT2D eigenvalue weighted by Crippen LogP contribution is -2.13. The molecular formula is C13H20FNOS. The third-order valence-electron chi connectivity index (χ3n) is 2.35. The van der Waals surface area contributed by atoms with Gasteiger partial charge in [0.2, 0.25) is 0 Å². The molecule has 2 nitrogen and oxygen atoms in total. The molecule has 0 aliphatic rings. The minimum absolute atomic E-state index is 0.274. The van der Waals surface area contributed by atoms with Gasteiger partial charge in [0.05, 0.1) is 6.61 Å². The molecule has 0 aliphatic carbocycles. The summed E-state index contributed by atoms with van der Waals surface area (Å²) < 4.78 is 19.2. The standard InChI is InChI=1S/C13H20FNOS/c1-3-15-10-11-6-4-7-12(14)13(11)16-8-5-9-17-2/h4,6-7,15H,3,5,8-10H2,1-2H3. The Hall–Kier alpha value is -0.740. The zero-order valence-electron chi connectivity index (χ0n) is 10.5. The number of nitrogens with one attached hydrogen (secondary N) is 1. The van der Waals surface area contributed by atoms with Gasteiger partial charge in [0.1, 0.15) is 0 Å². The predicted molar refractivity (Wildman–Crippen MR) is 72.3 cm³/mol. The van der Waals surface area contributed by atoms with Gasteiger partial charge in [-0.3, -0.25) is 0 Å². The van der Waals surface area contributed by atoms with E-state index in [0.29, 0.717) is 18.9 Å². The van der Waals surface area contributed by atoms with Crippen LogP contribution < -0.4 is 10.1 Å². The van der Waals surface area contributed by atoms with Crippen molar-refractivity contribution in [3.05, 3.63) is 29.6 Å². The number of para-hydroxylation sites is 1. The van der Waals surface area contributed by atoms with Gasteiger partial charge in [-0.15, -0.1) is 0 Å². The summed E-state index contributed by atoms with van der Waals surface area (Å²) in [5.41, 5.74) is 0.885. The van der Waals surface area contributed by atoms with Crippen molar-refractivity contribution in [3.8, 4) is 5.75 Å². The van der Waals surface area contributed by atoms with Gasteiger partial charge in [-0.05, 0) is 31.0 Å². The molecule has 0 saturated heterocycles. The normalized spacial score (nSPS) is 10.5. The Bertz CT molecular complexity index is 333. The molecular weight excluding hydrogens is 237 g/mol. The van der Waals surface area contributed by atoms with E-state index in [0.717, 1.165) is 24.3 Å². The monoisotopic (exact) mass is 257 g/mol. The fraction of sp³-hybridized carbons (Fsp3) is 0.538. The summed E-state index contributed by atoms with van der Waals surface area (Å²) in [6.45, 7) is 4.10. The van der Waals surface area contributed by atoms with Gasteiger partial charge in [0.15, 0.2) is 11.6 Å². The van der Waals surface area contributed by atoms with Crippen LogP contribution in [-0.4, -0.2) is 25.2 Å². The fourth-order valence-electron chi connectivity index (χ4n) is 1.49. The fourth-order valence-corrected chi connectivity index (χ4v) is 1.90. The molecule has 1 aromatic rings. The third kappa shape index (κ3) is 4.96. The smallest absolute Gasteiger partial charge is 0.165 e. The van der Waals surface area contributed by atoms with Crippen LogP contribution in [0.5, 0.6) is 5.75 Å². The number of hydrogen-bond acceptors (Lipinski definition) is 3. The van der Waals surface area contributed by atoms with Crippen LogP contribution in [0.15, 0.2) is 18.2 Å². The summed E-state index contributed by atoms with van der Waals surface area (Å²) in [4.78, 5) is 0. The first-order valence-electron chi connectivity index (χ1n) is 5.89. The molecule has 0 amide bonds. The van der Waals surface area contributed by atoms with Crippen LogP contribution in [0.3, 0.4) is 0 Å². The Morgan fingerprint density at radius 3 is 2.94 bits per heavy atom. The zero-order valence-corrected chi connectivity index (χ0v) is 11.3. The van der Waals surface area contributed by atoms with Gasteiger partial charge in [-0.1, -0.05) is 19.1 Å². The molecule has 0 aromatic heterocycles. The molecule has 4 heteroatoms. The molecule has 0 saturated carbocycles. The van der Waals surface area contributed by atoms with E-state index < -0.39 is 0 Å². The van der Waals surface area contributed by atoms with E-state index in [1.807, 2.05) is 13.0 Å². The molecule has 0 heterocycles. The highest BCUT2D eigenvalue weighted by atomic mass is 32.2. The summed E-state index contributed by atoms with van der Waals surface area (Å²) in [6, 6.07) is 5.06.